The lowest BCUT2D eigenvalue weighted by molar-refractivity contribution is -0.118. The number of hydrazine groups is 1. The van der Waals surface area contributed by atoms with Crippen molar-refractivity contribution in [2.75, 3.05) is 24.5 Å². The number of hydrogen-bond donors (Lipinski definition) is 3. The summed E-state index contributed by atoms with van der Waals surface area (Å²) < 4.78 is 11.4. The average molecular weight is 344 g/mol. The van der Waals surface area contributed by atoms with E-state index in [4.69, 9.17) is 15.3 Å². The minimum atomic E-state index is -0.244. The topological polar surface area (TPSA) is 98.5 Å². The van der Waals surface area contributed by atoms with Crippen LogP contribution in [0.15, 0.2) is 42.5 Å². The number of nitrogens with zero attached hydrogens (tertiary/aromatic N) is 1. The van der Waals surface area contributed by atoms with E-state index in [2.05, 4.69) is 15.7 Å². The van der Waals surface area contributed by atoms with Crippen molar-refractivity contribution in [3.05, 3.63) is 42.5 Å². The lowest BCUT2D eigenvalue weighted by Crippen LogP contribution is -2.20. The van der Waals surface area contributed by atoms with Crippen molar-refractivity contribution in [1.29, 1.82) is 0 Å². The molecule has 3 aromatic rings. The van der Waals surface area contributed by atoms with Crippen LogP contribution in [0.25, 0.3) is 10.2 Å². The first-order valence-electron chi connectivity index (χ1n) is 7.12. The summed E-state index contributed by atoms with van der Waals surface area (Å²) in [6.45, 7) is -0.0807. The van der Waals surface area contributed by atoms with Crippen LogP contribution in [-0.4, -0.2) is 24.6 Å². The second kappa shape index (κ2) is 7.16. The van der Waals surface area contributed by atoms with Crippen LogP contribution >= 0.6 is 11.3 Å². The van der Waals surface area contributed by atoms with Crippen molar-refractivity contribution in [1.82, 2.24) is 4.98 Å². The first-order chi connectivity index (χ1) is 11.7. The quantitative estimate of drug-likeness (QED) is 0.470. The van der Waals surface area contributed by atoms with Crippen LogP contribution < -0.4 is 26.1 Å². The molecule has 0 aliphatic heterocycles. The number of amides is 1. The summed E-state index contributed by atoms with van der Waals surface area (Å²) in [6, 6.07) is 12.5. The fraction of sp³-hybridized carbons (Fsp3) is 0.125. The van der Waals surface area contributed by atoms with Crippen molar-refractivity contribution >= 4 is 38.3 Å². The first-order valence-corrected chi connectivity index (χ1v) is 7.93. The number of hydrogen-bond acceptors (Lipinski definition) is 7. The largest absolute Gasteiger partial charge is 0.497 e. The Morgan fingerprint density at radius 1 is 1.21 bits per heavy atom. The lowest BCUT2D eigenvalue weighted by Gasteiger charge is -2.08. The number of carbonyl (C=O) groups excluding carboxylic acids is 1. The molecular weight excluding hydrogens is 328 g/mol. The number of ether oxygens (including phenoxy) is 2. The number of fused-ring (bicyclic) bond motifs is 1. The van der Waals surface area contributed by atoms with Crippen molar-refractivity contribution in [2.45, 2.75) is 0 Å². The van der Waals surface area contributed by atoms with Gasteiger partial charge in [0.2, 0.25) is 0 Å². The second-order valence-corrected chi connectivity index (χ2v) is 5.89. The smallest absolute Gasteiger partial charge is 0.262 e. The number of benzene rings is 2. The van der Waals surface area contributed by atoms with Gasteiger partial charge in [-0.3, -0.25) is 10.2 Å². The van der Waals surface area contributed by atoms with E-state index in [9.17, 15) is 4.79 Å². The molecule has 0 saturated carbocycles. The van der Waals surface area contributed by atoms with Gasteiger partial charge in [-0.1, -0.05) is 11.3 Å². The Balaban J connectivity index is 1.59. The van der Waals surface area contributed by atoms with Crippen LogP contribution in [0.3, 0.4) is 0 Å². The molecule has 3 rings (SSSR count). The van der Waals surface area contributed by atoms with Crippen LogP contribution in [0.1, 0.15) is 0 Å². The average Bonchev–Trinajstić information content (AvgIpc) is 3.03. The normalized spacial score (nSPS) is 10.4. The summed E-state index contributed by atoms with van der Waals surface area (Å²) in [7, 11) is 1.59. The first kappa shape index (κ1) is 16.0. The summed E-state index contributed by atoms with van der Waals surface area (Å²) in [6.07, 6.45) is 0. The SMILES string of the molecule is COc1ccc(OCC(=O)Nc2ccc3nc(NN)sc3c2)cc1. The van der Waals surface area contributed by atoms with Crippen molar-refractivity contribution in [3.8, 4) is 11.5 Å². The number of nitrogen functional groups attached to an aromatic ring is 1. The van der Waals surface area contributed by atoms with E-state index in [1.807, 2.05) is 12.1 Å². The Hall–Kier alpha value is -2.84. The molecule has 0 spiro atoms. The molecule has 0 radical (unpaired) electrons. The fourth-order valence-corrected chi connectivity index (χ4v) is 2.90. The third-order valence-corrected chi connectivity index (χ3v) is 4.17. The van der Waals surface area contributed by atoms with Gasteiger partial charge in [0.1, 0.15) is 11.5 Å². The minimum absolute atomic E-state index is 0.0807. The van der Waals surface area contributed by atoms with Gasteiger partial charge in [-0.2, -0.15) is 0 Å². The summed E-state index contributed by atoms with van der Waals surface area (Å²) >= 11 is 1.41. The van der Waals surface area contributed by atoms with Gasteiger partial charge in [0.05, 0.1) is 17.3 Å². The highest BCUT2D eigenvalue weighted by Gasteiger charge is 2.07. The zero-order valence-corrected chi connectivity index (χ0v) is 13.7. The van der Waals surface area contributed by atoms with Gasteiger partial charge in [0.15, 0.2) is 11.7 Å². The number of carbonyl (C=O) groups is 1. The monoisotopic (exact) mass is 344 g/mol. The molecule has 0 bridgehead atoms. The van der Waals surface area contributed by atoms with Crippen molar-refractivity contribution in [2.24, 2.45) is 5.84 Å². The number of anilines is 2. The number of rotatable bonds is 6. The maximum atomic E-state index is 12.0. The van der Waals surface area contributed by atoms with Crippen LogP contribution in [-0.2, 0) is 4.79 Å². The minimum Gasteiger partial charge on any atom is -0.497 e. The molecule has 0 aliphatic carbocycles. The second-order valence-electron chi connectivity index (χ2n) is 4.86. The zero-order valence-electron chi connectivity index (χ0n) is 12.9. The highest BCUT2D eigenvalue weighted by Crippen LogP contribution is 2.27. The van der Waals surface area contributed by atoms with Gasteiger partial charge in [0, 0.05) is 5.69 Å². The molecule has 2 aromatic carbocycles. The lowest BCUT2D eigenvalue weighted by atomic mass is 10.3. The Bertz CT molecular complexity index is 848. The molecule has 1 aromatic heterocycles. The Morgan fingerprint density at radius 3 is 2.67 bits per heavy atom. The maximum Gasteiger partial charge on any atom is 0.262 e. The summed E-state index contributed by atoms with van der Waals surface area (Å²) in [5.74, 6) is 6.44. The molecule has 4 N–H and O–H groups in total. The maximum absolute atomic E-state index is 12.0. The molecule has 0 unspecified atom stereocenters. The molecule has 124 valence electrons. The molecule has 24 heavy (non-hydrogen) atoms. The predicted octanol–water partition coefficient (Wildman–Crippen LogP) is 2.61. The van der Waals surface area contributed by atoms with Gasteiger partial charge in [-0.25, -0.2) is 10.8 Å². The molecule has 0 atom stereocenters. The van der Waals surface area contributed by atoms with Crippen molar-refractivity contribution < 1.29 is 14.3 Å². The van der Waals surface area contributed by atoms with E-state index in [0.29, 0.717) is 16.6 Å². The van der Waals surface area contributed by atoms with Crippen molar-refractivity contribution in [3.63, 3.8) is 0 Å². The van der Waals surface area contributed by atoms with Crippen LogP contribution in [0.2, 0.25) is 0 Å². The molecule has 0 saturated heterocycles. The van der Waals surface area contributed by atoms with Crippen LogP contribution in [0.4, 0.5) is 10.8 Å². The van der Waals surface area contributed by atoms with E-state index < -0.39 is 0 Å². The third kappa shape index (κ3) is 3.73. The summed E-state index contributed by atoms with van der Waals surface area (Å²) in [5, 5.41) is 3.41. The van der Waals surface area contributed by atoms with E-state index in [0.717, 1.165) is 16.0 Å². The van der Waals surface area contributed by atoms with Gasteiger partial charge in [-0.15, -0.1) is 0 Å². The molecule has 0 fully saturated rings. The molecule has 7 nitrogen and oxygen atoms in total. The van der Waals surface area contributed by atoms with Gasteiger partial charge >= 0.3 is 0 Å². The van der Waals surface area contributed by atoms with E-state index >= 15 is 0 Å². The highest BCUT2D eigenvalue weighted by atomic mass is 32.1. The fourth-order valence-electron chi connectivity index (χ4n) is 2.08. The molecule has 0 aliphatic rings. The van der Waals surface area contributed by atoms with Gasteiger partial charge < -0.3 is 14.8 Å². The van der Waals surface area contributed by atoms with E-state index in [1.54, 1.807) is 37.4 Å². The molecule has 1 amide bonds. The Kier molecular flexibility index (Phi) is 4.78. The summed E-state index contributed by atoms with van der Waals surface area (Å²) in [5.41, 5.74) is 4.01. The standard InChI is InChI=1S/C16H16N4O3S/c1-22-11-3-5-12(6-4-11)23-9-15(21)18-10-2-7-13-14(8-10)24-16(19-13)20-17/h2-8H,9,17H2,1H3,(H,18,21)(H,19,20). The third-order valence-electron chi connectivity index (χ3n) is 3.23. The summed E-state index contributed by atoms with van der Waals surface area (Å²) in [4.78, 5) is 16.3. The molecule has 1 heterocycles. The van der Waals surface area contributed by atoms with Crippen LogP contribution in [0, 0.1) is 0 Å². The molecular formula is C16H16N4O3S. The van der Waals surface area contributed by atoms with Gasteiger partial charge in [-0.05, 0) is 42.5 Å². The van der Waals surface area contributed by atoms with Crippen LogP contribution in [0.5, 0.6) is 11.5 Å². The zero-order chi connectivity index (χ0) is 16.9. The van der Waals surface area contributed by atoms with Gasteiger partial charge in [0.25, 0.3) is 5.91 Å². The highest BCUT2D eigenvalue weighted by molar-refractivity contribution is 7.22. The number of thiazole rings is 1. The number of aromatic nitrogens is 1. The number of methoxy groups -OCH3 is 1. The van der Waals surface area contributed by atoms with E-state index in [-0.39, 0.29) is 12.5 Å². The Labute approximate surface area is 142 Å². The number of nitrogens with two attached hydrogens (primary N) is 1. The number of nitrogens with one attached hydrogen (secondary N) is 2. The molecule has 8 heteroatoms. The Morgan fingerprint density at radius 2 is 1.96 bits per heavy atom. The van der Waals surface area contributed by atoms with E-state index in [1.165, 1.54) is 11.3 Å². The predicted molar refractivity (Wildman–Crippen MR) is 94.5 cm³/mol.